The van der Waals surface area contributed by atoms with Gasteiger partial charge in [-0.15, -0.1) is 69.1 Å². The van der Waals surface area contributed by atoms with Crippen LogP contribution in [0, 0.1) is 0 Å². The summed E-state index contributed by atoms with van der Waals surface area (Å²) in [6.07, 6.45) is 6.69. The standard InChI is InChI=1S/2C26H25.C2H6Si.2ClH.Zr/c2*1-3-10-21-15-16-22-17-23(20-12-6-5-7-13-20)18-25(22)26(21)24-14-9-8-11-19(24)4-2;1-3-2;;;/h2*5-9,11-18H,3-4,10H2,1-2H3;1-2H3;2*1H;/q2*-1;;;;+4/p-2. The van der Waals surface area contributed by atoms with Gasteiger partial charge < -0.3 is 0 Å². The van der Waals surface area contributed by atoms with Crippen molar-refractivity contribution in [3.05, 3.63) is 180 Å². The summed E-state index contributed by atoms with van der Waals surface area (Å²) in [5.41, 5.74) is 16.6. The van der Waals surface area contributed by atoms with E-state index in [0.29, 0.717) is 0 Å². The monoisotopic (exact) mass is 892 g/mol. The van der Waals surface area contributed by atoms with E-state index in [1.54, 1.807) is 0 Å². The van der Waals surface area contributed by atoms with Crippen LogP contribution in [0.25, 0.3) is 66.1 Å². The van der Waals surface area contributed by atoms with Crippen LogP contribution >= 0.6 is 17.0 Å². The molecule has 0 amide bonds. The molecule has 4 heteroatoms. The quantitative estimate of drug-likeness (QED) is 0.0948. The van der Waals surface area contributed by atoms with Gasteiger partial charge in [-0.2, -0.15) is 0 Å². The molecule has 0 atom stereocenters. The van der Waals surface area contributed by atoms with Crippen molar-refractivity contribution in [2.75, 3.05) is 0 Å². The molecular weight excluding hydrogens is 839 g/mol. The van der Waals surface area contributed by atoms with Crippen molar-refractivity contribution in [3.8, 4) is 44.5 Å². The number of fused-ring (bicyclic) bond motifs is 2. The average molecular weight is 895 g/mol. The molecule has 0 aliphatic rings. The molecule has 0 saturated carbocycles. The summed E-state index contributed by atoms with van der Waals surface area (Å²) < 4.78 is 0. The second-order valence-corrected chi connectivity index (χ2v) is 19.2. The number of halogens is 2. The van der Waals surface area contributed by atoms with E-state index in [-0.39, 0.29) is 0 Å². The molecule has 2 radical (unpaired) electrons. The Morgan fingerprint density at radius 1 is 0.466 bits per heavy atom. The first-order chi connectivity index (χ1) is 28.5. The van der Waals surface area contributed by atoms with Crippen molar-refractivity contribution in [2.24, 2.45) is 0 Å². The normalized spacial score (nSPS) is 10.5. The van der Waals surface area contributed by atoms with Gasteiger partial charge in [0.05, 0.1) is 0 Å². The topological polar surface area (TPSA) is 0 Å². The molecule has 8 aromatic carbocycles. The summed E-state index contributed by atoms with van der Waals surface area (Å²) in [6, 6.07) is 57.9. The fourth-order valence-corrected chi connectivity index (χ4v) is 7.98. The third-order valence-corrected chi connectivity index (χ3v) is 10.5. The van der Waals surface area contributed by atoms with Gasteiger partial charge in [0, 0.05) is 9.52 Å². The van der Waals surface area contributed by atoms with E-state index < -0.39 is 20.8 Å². The summed E-state index contributed by atoms with van der Waals surface area (Å²) >= 11 is -0.826. The summed E-state index contributed by atoms with van der Waals surface area (Å²) in [5.74, 6) is 0. The van der Waals surface area contributed by atoms with Crippen LogP contribution < -0.4 is 0 Å². The van der Waals surface area contributed by atoms with Gasteiger partial charge in [-0.1, -0.05) is 197 Å². The van der Waals surface area contributed by atoms with Gasteiger partial charge in [-0.05, 0) is 59.1 Å². The van der Waals surface area contributed by atoms with E-state index in [1.165, 1.54) is 101 Å². The first-order valence-electron chi connectivity index (χ1n) is 20.7. The average Bonchev–Trinajstić information content (AvgIpc) is 3.91. The third kappa shape index (κ3) is 11.3. The summed E-state index contributed by atoms with van der Waals surface area (Å²) in [4.78, 5) is 0. The van der Waals surface area contributed by atoms with Crippen molar-refractivity contribution < 1.29 is 20.8 Å². The van der Waals surface area contributed by atoms with Crippen molar-refractivity contribution in [1.82, 2.24) is 0 Å². The Labute approximate surface area is 369 Å². The van der Waals surface area contributed by atoms with Crippen molar-refractivity contribution in [3.63, 3.8) is 0 Å². The summed E-state index contributed by atoms with van der Waals surface area (Å²) in [6.45, 7) is 13.3. The Balaban J connectivity index is 0.000000195. The number of rotatable bonds is 10. The molecule has 0 spiro atoms. The zero-order valence-corrected chi connectivity index (χ0v) is 40.0. The molecule has 0 aliphatic heterocycles. The SMILES string of the molecule is CCCc1ccc2[cH-]c(-c3ccccc3)cc2c1-c1ccccc1CC.CCCc1ccc2[cH-]c(-c3ccccc3)cc2c1-c1ccccc1CC.C[Si]C.[Cl][Zr+2][Cl]. The molecule has 0 saturated heterocycles. The molecule has 58 heavy (non-hydrogen) atoms. The molecule has 0 aromatic heterocycles. The van der Waals surface area contributed by atoms with E-state index in [2.05, 4.69) is 199 Å². The van der Waals surface area contributed by atoms with Crippen LogP contribution in [0.15, 0.2) is 158 Å². The van der Waals surface area contributed by atoms with Crippen molar-refractivity contribution in [2.45, 2.75) is 79.3 Å². The fourth-order valence-electron chi connectivity index (χ4n) is 7.98. The van der Waals surface area contributed by atoms with E-state index in [4.69, 9.17) is 17.0 Å². The van der Waals surface area contributed by atoms with Gasteiger partial charge in [-0.25, -0.2) is 0 Å². The molecule has 0 fully saturated rings. The third-order valence-electron chi connectivity index (χ3n) is 10.5. The van der Waals surface area contributed by atoms with Gasteiger partial charge in [0.2, 0.25) is 0 Å². The first-order valence-corrected chi connectivity index (χ1v) is 29.1. The zero-order chi connectivity index (χ0) is 41.3. The van der Waals surface area contributed by atoms with Crippen molar-refractivity contribution >= 4 is 48.1 Å². The van der Waals surface area contributed by atoms with Crippen LogP contribution in [0.5, 0.6) is 0 Å². The summed E-state index contributed by atoms with van der Waals surface area (Å²) in [5, 5.41) is 5.45. The van der Waals surface area contributed by atoms with E-state index in [1.807, 2.05) is 0 Å². The van der Waals surface area contributed by atoms with E-state index in [9.17, 15) is 0 Å². The van der Waals surface area contributed by atoms with Crippen LogP contribution in [0.4, 0.5) is 0 Å². The second-order valence-electron chi connectivity index (χ2n) is 14.5. The van der Waals surface area contributed by atoms with Crippen LogP contribution in [0.2, 0.25) is 13.1 Å². The maximum absolute atomic E-state index is 4.93. The molecule has 0 bridgehead atoms. The minimum atomic E-state index is -0.826. The van der Waals surface area contributed by atoms with Gasteiger partial charge >= 0.3 is 37.9 Å². The number of aryl methyl sites for hydroxylation is 4. The molecule has 0 nitrogen and oxygen atoms in total. The molecule has 8 aromatic rings. The van der Waals surface area contributed by atoms with E-state index >= 15 is 0 Å². The van der Waals surface area contributed by atoms with Crippen LogP contribution in [-0.2, 0) is 46.5 Å². The molecule has 294 valence electrons. The first kappa shape index (κ1) is 45.3. The van der Waals surface area contributed by atoms with Gasteiger partial charge in [0.25, 0.3) is 0 Å². The molecule has 0 unspecified atom stereocenters. The Morgan fingerprint density at radius 2 is 0.810 bits per heavy atom. The number of benzene rings is 6. The van der Waals surface area contributed by atoms with Gasteiger partial charge in [0.1, 0.15) is 0 Å². The number of hydrogen-bond donors (Lipinski definition) is 0. The predicted octanol–water partition coefficient (Wildman–Crippen LogP) is 17.0. The second kappa shape index (κ2) is 23.7. The Hall–Kier alpha value is -3.78. The molecule has 0 aliphatic carbocycles. The Bertz CT molecular complexity index is 2270. The van der Waals surface area contributed by atoms with Gasteiger partial charge in [-0.3, -0.25) is 0 Å². The Morgan fingerprint density at radius 3 is 1.16 bits per heavy atom. The van der Waals surface area contributed by atoms with Gasteiger partial charge in [0.15, 0.2) is 0 Å². The minimum absolute atomic E-state index is 0.826. The van der Waals surface area contributed by atoms with Crippen molar-refractivity contribution in [1.29, 1.82) is 0 Å². The van der Waals surface area contributed by atoms with E-state index in [0.717, 1.165) is 35.2 Å². The molecule has 8 rings (SSSR count). The fraction of sp³-hybridized carbons (Fsp3) is 0.222. The molecule has 0 heterocycles. The van der Waals surface area contributed by atoms with Crippen LogP contribution in [0.3, 0.4) is 0 Å². The Kier molecular flexibility index (Phi) is 18.5. The number of hydrogen-bond acceptors (Lipinski definition) is 0. The van der Waals surface area contributed by atoms with Crippen LogP contribution in [0.1, 0.15) is 62.8 Å². The van der Waals surface area contributed by atoms with Crippen LogP contribution in [-0.4, -0.2) is 9.52 Å². The maximum atomic E-state index is 4.93. The molecular formula is C54H56Cl2SiZr. The summed E-state index contributed by atoms with van der Waals surface area (Å²) in [7, 11) is 11.0. The molecule has 0 N–H and O–H groups in total. The predicted molar refractivity (Wildman–Crippen MR) is 257 cm³/mol. The zero-order valence-electron chi connectivity index (χ0n) is 35.0.